The van der Waals surface area contributed by atoms with Gasteiger partial charge in [0.1, 0.15) is 6.04 Å². The van der Waals surface area contributed by atoms with Crippen LogP contribution in [0.25, 0.3) is 0 Å². The fourth-order valence-corrected chi connectivity index (χ4v) is 3.75. The summed E-state index contributed by atoms with van der Waals surface area (Å²) in [5.74, 6) is 0.148. The largest absolute Gasteiger partial charge is 0.449 e. The molecule has 1 saturated heterocycles. The topological polar surface area (TPSA) is 105 Å². The molecule has 3 aliphatic rings. The van der Waals surface area contributed by atoms with Gasteiger partial charge in [-0.15, -0.1) is 0 Å². The van der Waals surface area contributed by atoms with Crippen molar-refractivity contribution in [2.45, 2.75) is 45.3 Å². The normalized spacial score (nSPS) is 26.0. The van der Waals surface area contributed by atoms with E-state index in [1.54, 1.807) is 6.07 Å². The van der Waals surface area contributed by atoms with Gasteiger partial charge in [0.15, 0.2) is 0 Å². The number of rotatable bonds is 5. The number of fused-ring (bicyclic) bond motifs is 1. The third-order valence-electron chi connectivity index (χ3n) is 5.73. The van der Waals surface area contributed by atoms with E-state index in [1.807, 2.05) is 12.1 Å². The summed E-state index contributed by atoms with van der Waals surface area (Å²) >= 11 is 0. The summed E-state index contributed by atoms with van der Waals surface area (Å²) in [6.45, 7) is 3.18. The highest BCUT2D eigenvalue weighted by Crippen LogP contribution is 2.37. The van der Waals surface area contributed by atoms with Crippen LogP contribution in [0.4, 0.5) is 4.79 Å². The van der Waals surface area contributed by atoms with E-state index >= 15 is 0 Å². The molecule has 1 aromatic rings. The Morgan fingerprint density at radius 1 is 1.32 bits per heavy atom. The maximum absolute atomic E-state index is 12.8. The molecule has 2 N–H and O–H groups in total. The summed E-state index contributed by atoms with van der Waals surface area (Å²) in [5, 5.41) is 4.99. The number of hydrogen-bond acceptors (Lipinski definition) is 5. The van der Waals surface area contributed by atoms with Crippen molar-refractivity contribution in [2.24, 2.45) is 11.8 Å². The Morgan fingerprint density at radius 3 is 2.82 bits per heavy atom. The van der Waals surface area contributed by atoms with Gasteiger partial charge >= 0.3 is 6.09 Å². The number of imide groups is 1. The van der Waals surface area contributed by atoms with Crippen molar-refractivity contribution in [3.8, 4) is 0 Å². The number of amides is 4. The van der Waals surface area contributed by atoms with E-state index in [-0.39, 0.29) is 24.8 Å². The Kier molecular flexibility index (Phi) is 4.78. The molecular weight excluding hydrogens is 362 g/mol. The van der Waals surface area contributed by atoms with Crippen LogP contribution in [0.2, 0.25) is 0 Å². The van der Waals surface area contributed by atoms with Gasteiger partial charge in [-0.25, -0.2) is 4.79 Å². The van der Waals surface area contributed by atoms with E-state index in [4.69, 9.17) is 4.74 Å². The summed E-state index contributed by atoms with van der Waals surface area (Å²) in [4.78, 5) is 49.5. The molecule has 28 heavy (non-hydrogen) atoms. The zero-order chi connectivity index (χ0) is 19.8. The van der Waals surface area contributed by atoms with Gasteiger partial charge in [-0.2, -0.15) is 0 Å². The van der Waals surface area contributed by atoms with Crippen LogP contribution in [0.15, 0.2) is 18.2 Å². The van der Waals surface area contributed by atoms with Gasteiger partial charge in [0.05, 0.1) is 6.61 Å². The maximum atomic E-state index is 12.8. The van der Waals surface area contributed by atoms with Gasteiger partial charge in [-0.05, 0) is 41.9 Å². The summed E-state index contributed by atoms with van der Waals surface area (Å²) in [7, 11) is 0. The zero-order valence-corrected chi connectivity index (χ0v) is 15.7. The average Bonchev–Trinajstić information content (AvgIpc) is 3.29. The van der Waals surface area contributed by atoms with Crippen LogP contribution >= 0.6 is 0 Å². The third kappa shape index (κ3) is 3.72. The molecular formula is C20H23N3O5. The van der Waals surface area contributed by atoms with E-state index in [0.29, 0.717) is 37.0 Å². The Balaban J connectivity index is 1.35. The molecule has 0 spiro atoms. The Bertz CT molecular complexity index is 852. The number of carbonyl (C=O) groups is 4. The van der Waals surface area contributed by atoms with Crippen LogP contribution in [0.5, 0.6) is 0 Å². The van der Waals surface area contributed by atoms with Crippen molar-refractivity contribution in [3.63, 3.8) is 0 Å². The summed E-state index contributed by atoms with van der Waals surface area (Å²) < 4.78 is 5.19. The molecule has 1 aliphatic carbocycles. The molecule has 8 heteroatoms. The average molecular weight is 385 g/mol. The minimum atomic E-state index is -0.626. The quantitative estimate of drug-likeness (QED) is 0.744. The van der Waals surface area contributed by atoms with Crippen molar-refractivity contribution >= 4 is 23.8 Å². The monoisotopic (exact) mass is 385 g/mol. The van der Waals surface area contributed by atoms with Crippen LogP contribution in [0, 0.1) is 11.8 Å². The van der Waals surface area contributed by atoms with Crippen molar-refractivity contribution < 1.29 is 23.9 Å². The number of ether oxygens (including phenoxy) is 1. The molecule has 2 heterocycles. The number of hydrogen-bond donors (Lipinski definition) is 2. The first-order chi connectivity index (χ1) is 13.4. The number of piperidine rings is 1. The number of carbonyl (C=O) groups excluding carboxylic acids is 4. The molecule has 0 aromatic heterocycles. The van der Waals surface area contributed by atoms with E-state index in [0.717, 1.165) is 17.5 Å². The lowest BCUT2D eigenvalue weighted by Crippen LogP contribution is -2.52. The van der Waals surface area contributed by atoms with E-state index < -0.39 is 18.0 Å². The van der Waals surface area contributed by atoms with Crippen LogP contribution in [-0.4, -0.2) is 41.4 Å². The fraction of sp³-hybridized carbons (Fsp3) is 0.500. The number of nitrogens with zero attached hydrogens (tertiary/aromatic N) is 1. The molecule has 2 aliphatic heterocycles. The molecule has 4 amide bonds. The van der Waals surface area contributed by atoms with E-state index in [1.165, 1.54) is 4.90 Å². The summed E-state index contributed by atoms with van der Waals surface area (Å²) in [6, 6.07) is 4.81. The predicted octanol–water partition coefficient (Wildman–Crippen LogP) is 1.33. The van der Waals surface area contributed by atoms with Crippen LogP contribution in [-0.2, 0) is 27.4 Å². The van der Waals surface area contributed by atoms with Crippen molar-refractivity contribution in [1.82, 2.24) is 15.5 Å². The Morgan fingerprint density at radius 2 is 2.11 bits per heavy atom. The second-order valence-corrected chi connectivity index (χ2v) is 7.82. The summed E-state index contributed by atoms with van der Waals surface area (Å²) in [5.41, 5.74) is 2.15. The fourth-order valence-electron chi connectivity index (χ4n) is 3.75. The smallest absolute Gasteiger partial charge is 0.407 e. The van der Waals surface area contributed by atoms with Gasteiger partial charge in [0, 0.05) is 25.1 Å². The molecule has 0 bridgehead atoms. The third-order valence-corrected chi connectivity index (χ3v) is 5.73. The van der Waals surface area contributed by atoms with E-state index in [9.17, 15) is 19.2 Å². The number of alkyl carbamates (subject to hydrolysis) is 1. The van der Waals surface area contributed by atoms with Gasteiger partial charge in [0.2, 0.25) is 11.8 Å². The first-order valence-corrected chi connectivity index (χ1v) is 9.59. The molecule has 148 valence electrons. The minimum absolute atomic E-state index is 0.225. The van der Waals surface area contributed by atoms with Gasteiger partial charge in [0.25, 0.3) is 5.91 Å². The maximum Gasteiger partial charge on any atom is 0.407 e. The highest BCUT2D eigenvalue weighted by Gasteiger charge is 2.39. The van der Waals surface area contributed by atoms with Crippen molar-refractivity contribution in [3.05, 3.63) is 34.9 Å². The molecule has 1 saturated carbocycles. The molecule has 2 unspecified atom stereocenters. The minimum Gasteiger partial charge on any atom is -0.449 e. The van der Waals surface area contributed by atoms with Crippen molar-refractivity contribution in [2.75, 3.05) is 6.61 Å². The lowest BCUT2D eigenvalue weighted by atomic mass is 10.0. The van der Waals surface area contributed by atoms with Crippen LogP contribution < -0.4 is 10.6 Å². The highest BCUT2D eigenvalue weighted by atomic mass is 16.5. The molecule has 2 fully saturated rings. The molecule has 4 rings (SSSR count). The second kappa shape index (κ2) is 7.26. The zero-order valence-electron chi connectivity index (χ0n) is 15.7. The van der Waals surface area contributed by atoms with Gasteiger partial charge in [-0.3, -0.25) is 19.7 Å². The number of nitrogens with one attached hydrogen (secondary N) is 2. The van der Waals surface area contributed by atoms with Gasteiger partial charge in [-0.1, -0.05) is 19.1 Å². The molecule has 8 nitrogen and oxygen atoms in total. The Hall–Kier alpha value is -2.90. The molecule has 1 aromatic carbocycles. The molecule has 3 atom stereocenters. The molecule has 0 radical (unpaired) electrons. The highest BCUT2D eigenvalue weighted by molar-refractivity contribution is 6.05. The SMILES string of the molecule is C[C@H]1CC1COC(=O)NCc1ccc2c(c1)C(=O)N(C1CCC(=O)NC1=O)C2. The second-order valence-electron chi connectivity index (χ2n) is 7.82. The van der Waals surface area contributed by atoms with E-state index in [2.05, 4.69) is 17.6 Å². The Labute approximate surface area is 162 Å². The first kappa shape index (κ1) is 18.5. The standard InChI is InChI=1S/C20H23N3O5/c1-11-6-14(11)10-28-20(27)21-8-12-2-3-13-9-23(19(26)15(13)7-12)16-4-5-17(24)22-18(16)25/h2-3,7,11,14,16H,4-6,8-10H2,1H3,(H,21,27)(H,22,24,25)/t11-,14?,16?/m0/s1. The van der Waals surface area contributed by atoms with Crippen LogP contribution in [0.3, 0.4) is 0 Å². The lowest BCUT2D eigenvalue weighted by molar-refractivity contribution is -0.136. The number of benzene rings is 1. The van der Waals surface area contributed by atoms with Gasteiger partial charge < -0.3 is 15.0 Å². The first-order valence-electron chi connectivity index (χ1n) is 9.59. The summed E-state index contributed by atoms with van der Waals surface area (Å²) in [6.07, 6.45) is 1.21. The predicted molar refractivity (Wildman–Crippen MR) is 97.9 cm³/mol. The van der Waals surface area contributed by atoms with Crippen molar-refractivity contribution in [1.29, 1.82) is 0 Å². The van der Waals surface area contributed by atoms with Crippen LogP contribution in [0.1, 0.15) is 47.7 Å². The lowest BCUT2D eigenvalue weighted by Gasteiger charge is -2.29.